The van der Waals surface area contributed by atoms with E-state index in [1.54, 1.807) is 17.1 Å². The molecular formula is C15H12Cl2N4. The van der Waals surface area contributed by atoms with Crippen LogP contribution < -0.4 is 5.32 Å². The fraction of sp³-hybridized carbons (Fsp3) is 0.0667. The van der Waals surface area contributed by atoms with E-state index in [4.69, 9.17) is 23.2 Å². The molecular weight excluding hydrogens is 307 g/mol. The van der Waals surface area contributed by atoms with Gasteiger partial charge < -0.3 is 5.32 Å². The molecule has 0 aliphatic rings. The second-order valence-electron chi connectivity index (χ2n) is 4.46. The highest BCUT2D eigenvalue weighted by atomic mass is 35.5. The molecule has 106 valence electrons. The van der Waals surface area contributed by atoms with Crippen LogP contribution in [0.5, 0.6) is 0 Å². The molecule has 2 aromatic carbocycles. The third kappa shape index (κ3) is 3.17. The van der Waals surface area contributed by atoms with Gasteiger partial charge in [-0.25, -0.2) is 9.67 Å². The smallest absolute Gasteiger partial charge is 0.138 e. The number of hydrogen-bond donors (Lipinski definition) is 1. The quantitative estimate of drug-likeness (QED) is 0.784. The zero-order chi connectivity index (χ0) is 14.7. The summed E-state index contributed by atoms with van der Waals surface area (Å²) in [5, 5.41) is 8.64. The van der Waals surface area contributed by atoms with Crippen molar-refractivity contribution >= 4 is 28.9 Å². The Kier molecular flexibility index (Phi) is 4.08. The van der Waals surface area contributed by atoms with Crippen molar-refractivity contribution in [2.24, 2.45) is 0 Å². The van der Waals surface area contributed by atoms with Crippen LogP contribution in [0.15, 0.2) is 55.1 Å². The van der Waals surface area contributed by atoms with Crippen molar-refractivity contribution in [1.82, 2.24) is 14.8 Å². The van der Waals surface area contributed by atoms with Crippen LogP contribution in [0.4, 0.5) is 5.69 Å². The summed E-state index contributed by atoms with van der Waals surface area (Å²) < 4.78 is 1.72. The highest BCUT2D eigenvalue weighted by Gasteiger charge is 2.05. The molecule has 0 unspecified atom stereocenters. The summed E-state index contributed by atoms with van der Waals surface area (Å²) in [5.74, 6) is 0. The lowest BCUT2D eigenvalue weighted by molar-refractivity contribution is 0.878. The van der Waals surface area contributed by atoms with Gasteiger partial charge in [-0.05, 0) is 29.8 Å². The van der Waals surface area contributed by atoms with Gasteiger partial charge >= 0.3 is 0 Å². The Hall–Kier alpha value is -2.04. The monoisotopic (exact) mass is 318 g/mol. The van der Waals surface area contributed by atoms with Crippen LogP contribution in [0.2, 0.25) is 10.0 Å². The van der Waals surface area contributed by atoms with E-state index in [9.17, 15) is 0 Å². The summed E-state index contributed by atoms with van der Waals surface area (Å²) in [6, 6.07) is 13.5. The molecule has 6 heteroatoms. The summed E-state index contributed by atoms with van der Waals surface area (Å²) >= 11 is 11.9. The second-order valence-corrected chi connectivity index (χ2v) is 5.27. The lowest BCUT2D eigenvalue weighted by Crippen LogP contribution is -2.04. The Morgan fingerprint density at radius 2 is 1.90 bits per heavy atom. The van der Waals surface area contributed by atoms with Gasteiger partial charge in [0.1, 0.15) is 12.7 Å². The summed E-state index contributed by atoms with van der Waals surface area (Å²) in [7, 11) is 0. The number of nitrogens with zero attached hydrogens (tertiary/aromatic N) is 3. The molecule has 0 aliphatic heterocycles. The van der Waals surface area contributed by atoms with Crippen molar-refractivity contribution in [2.75, 3.05) is 5.32 Å². The molecule has 3 rings (SSSR count). The zero-order valence-corrected chi connectivity index (χ0v) is 12.5. The van der Waals surface area contributed by atoms with Crippen LogP contribution in [0.25, 0.3) is 5.69 Å². The lowest BCUT2D eigenvalue weighted by atomic mass is 10.2. The van der Waals surface area contributed by atoms with E-state index >= 15 is 0 Å². The average Bonchev–Trinajstić information content (AvgIpc) is 3.03. The van der Waals surface area contributed by atoms with E-state index in [-0.39, 0.29) is 0 Å². The number of aromatic nitrogens is 3. The molecule has 0 spiro atoms. The lowest BCUT2D eigenvalue weighted by Gasteiger charge is -2.12. The molecule has 0 atom stereocenters. The molecule has 21 heavy (non-hydrogen) atoms. The van der Waals surface area contributed by atoms with Gasteiger partial charge in [0.15, 0.2) is 0 Å². The van der Waals surface area contributed by atoms with Gasteiger partial charge in [-0.15, -0.1) is 0 Å². The number of para-hydroxylation sites is 2. The van der Waals surface area contributed by atoms with Crippen molar-refractivity contribution in [2.45, 2.75) is 6.54 Å². The van der Waals surface area contributed by atoms with Gasteiger partial charge in [-0.3, -0.25) is 0 Å². The Morgan fingerprint density at radius 1 is 1.05 bits per heavy atom. The zero-order valence-electron chi connectivity index (χ0n) is 11.0. The molecule has 0 saturated heterocycles. The summed E-state index contributed by atoms with van der Waals surface area (Å²) in [4.78, 5) is 3.97. The van der Waals surface area contributed by atoms with E-state index in [2.05, 4.69) is 15.4 Å². The van der Waals surface area contributed by atoms with Gasteiger partial charge in [-0.1, -0.05) is 41.4 Å². The number of hydrogen-bond acceptors (Lipinski definition) is 3. The first-order chi connectivity index (χ1) is 10.2. The van der Waals surface area contributed by atoms with Gasteiger partial charge in [-0.2, -0.15) is 5.10 Å². The van der Waals surface area contributed by atoms with Crippen molar-refractivity contribution in [1.29, 1.82) is 0 Å². The minimum Gasteiger partial charge on any atom is -0.379 e. The maximum atomic E-state index is 6.03. The third-order valence-corrected chi connectivity index (χ3v) is 3.78. The number of nitrogens with one attached hydrogen (secondary N) is 1. The van der Waals surface area contributed by atoms with Crippen LogP contribution in [-0.4, -0.2) is 14.8 Å². The topological polar surface area (TPSA) is 42.7 Å². The number of rotatable bonds is 4. The SMILES string of the molecule is Clc1ccc(CNc2ccccc2-n2cncn2)cc1Cl. The maximum absolute atomic E-state index is 6.03. The van der Waals surface area contributed by atoms with Crippen molar-refractivity contribution in [3.8, 4) is 5.69 Å². The van der Waals surface area contributed by atoms with Crippen LogP contribution in [0.3, 0.4) is 0 Å². The molecule has 1 aromatic heterocycles. The normalized spacial score (nSPS) is 10.6. The van der Waals surface area contributed by atoms with Crippen LogP contribution in [0.1, 0.15) is 5.56 Å². The van der Waals surface area contributed by atoms with Gasteiger partial charge in [0.05, 0.1) is 21.4 Å². The minimum atomic E-state index is 0.556. The molecule has 3 aromatic rings. The molecule has 0 saturated carbocycles. The first-order valence-electron chi connectivity index (χ1n) is 6.36. The van der Waals surface area contributed by atoms with Crippen LogP contribution in [-0.2, 0) is 6.54 Å². The molecule has 0 amide bonds. The standard InChI is InChI=1S/C15H12Cl2N4/c16-12-6-5-11(7-13(12)17)8-19-14-3-1-2-4-15(14)21-10-18-9-20-21/h1-7,9-10,19H,8H2. The van der Waals surface area contributed by atoms with E-state index in [1.165, 1.54) is 6.33 Å². The molecule has 0 fully saturated rings. The van der Waals surface area contributed by atoms with Crippen molar-refractivity contribution in [3.63, 3.8) is 0 Å². The summed E-state index contributed by atoms with van der Waals surface area (Å²) in [6.45, 7) is 0.641. The molecule has 1 heterocycles. The number of benzene rings is 2. The fourth-order valence-electron chi connectivity index (χ4n) is 2.00. The molecule has 0 bridgehead atoms. The Labute approximate surface area is 132 Å². The van der Waals surface area contributed by atoms with Crippen molar-refractivity contribution in [3.05, 3.63) is 70.7 Å². The summed E-state index contributed by atoms with van der Waals surface area (Å²) in [5.41, 5.74) is 2.96. The highest BCUT2D eigenvalue weighted by Crippen LogP contribution is 2.24. The Balaban J connectivity index is 1.81. The number of halogens is 2. The van der Waals surface area contributed by atoms with Gasteiger partial charge in [0.25, 0.3) is 0 Å². The minimum absolute atomic E-state index is 0.556. The van der Waals surface area contributed by atoms with Crippen LogP contribution >= 0.6 is 23.2 Å². The fourth-order valence-corrected chi connectivity index (χ4v) is 2.32. The summed E-state index contributed by atoms with van der Waals surface area (Å²) in [6.07, 6.45) is 3.18. The molecule has 4 nitrogen and oxygen atoms in total. The van der Waals surface area contributed by atoms with Crippen LogP contribution in [0, 0.1) is 0 Å². The molecule has 0 radical (unpaired) electrons. The predicted molar refractivity (Wildman–Crippen MR) is 85.1 cm³/mol. The van der Waals surface area contributed by atoms with Gasteiger partial charge in [0, 0.05) is 6.54 Å². The van der Waals surface area contributed by atoms with Gasteiger partial charge in [0.2, 0.25) is 0 Å². The maximum Gasteiger partial charge on any atom is 0.138 e. The second kappa shape index (κ2) is 6.16. The highest BCUT2D eigenvalue weighted by molar-refractivity contribution is 6.42. The first-order valence-corrected chi connectivity index (χ1v) is 7.11. The third-order valence-electron chi connectivity index (χ3n) is 3.04. The number of anilines is 1. The molecule has 1 N–H and O–H groups in total. The molecule has 0 aliphatic carbocycles. The first kappa shape index (κ1) is 13.9. The Morgan fingerprint density at radius 3 is 2.67 bits per heavy atom. The predicted octanol–water partition coefficient (Wildman–Crippen LogP) is 4.19. The Bertz CT molecular complexity index is 741. The van der Waals surface area contributed by atoms with E-state index in [0.717, 1.165) is 16.9 Å². The van der Waals surface area contributed by atoms with E-state index < -0.39 is 0 Å². The average molecular weight is 319 g/mol. The largest absolute Gasteiger partial charge is 0.379 e. The van der Waals surface area contributed by atoms with E-state index in [1.807, 2.05) is 36.4 Å². The van der Waals surface area contributed by atoms with Crippen molar-refractivity contribution < 1.29 is 0 Å². The van der Waals surface area contributed by atoms with E-state index in [0.29, 0.717) is 16.6 Å².